The van der Waals surface area contributed by atoms with Crippen LogP contribution in [0.4, 0.5) is 4.39 Å². The molecule has 1 heterocycles. The lowest BCUT2D eigenvalue weighted by molar-refractivity contribution is 0.282. The molecule has 1 aromatic carbocycles. The summed E-state index contributed by atoms with van der Waals surface area (Å²) in [5, 5.41) is 3.61. The Balaban J connectivity index is 2.14. The standard InChI is InChI=1S/C11H12FN3O2/c1-7(13)9-4-8(12)2-3-10(9)16-5-11-14-6-17-15-11/h2-4,6-7H,5,13H2,1H3/t7-/m1/s1. The second-order valence-electron chi connectivity index (χ2n) is 3.61. The molecule has 0 amide bonds. The van der Waals surface area contributed by atoms with Gasteiger partial charge in [0.15, 0.2) is 6.61 Å². The molecule has 0 fully saturated rings. The number of nitrogens with zero attached hydrogens (tertiary/aromatic N) is 2. The van der Waals surface area contributed by atoms with E-state index in [0.717, 1.165) is 0 Å². The summed E-state index contributed by atoms with van der Waals surface area (Å²) in [5.41, 5.74) is 6.34. The molecular formula is C11H12FN3O2. The zero-order valence-electron chi connectivity index (χ0n) is 9.26. The lowest BCUT2D eigenvalue weighted by Crippen LogP contribution is -2.09. The third kappa shape index (κ3) is 2.79. The molecule has 0 unspecified atom stereocenters. The van der Waals surface area contributed by atoms with E-state index in [9.17, 15) is 4.39 Å². The van der Waals surface area contributed by atoms with E-state index < -0.39 is 0 Å². The van der Waals surface area contributed by atoms with E-state index in [-0.39, 0.29) is 18.5 Å². The lowest BCUT2D eigenvalue weighted by Gasteiger charge is -2.12. The molecule has 2 N–H and O–H groups in total. The predicted octanol–water partition coefficient (Wildman–Crippen LogP) is 1.81. The highest BCUT2D eigenvalue weighted by molar-refractivity contribution is 5.36. The van der Waals surface area contributed by atoms with Crippen molar-refractivity contribution < 1.29 is 13.7 Å². The van der Waals surface area contributed by atoms with Crippen molar-refractivity contribution in [2.75, 3.05) is 0 Å². The van der Waals surface area contributed by atoms with Crippen molar-refractivity contribution in [3.63, 3.8) is 0 Å². The van der Waals surface area contributed by atoms with E-state index in [1.807, 2.05) is 0 Å². The third-order valence-corrected chi connectivity index (χ3v) is 2.23. The number of aromatic nitrogens is 2. The van der Waals surface area contributed by atoms with Crippen LogP contribution in [-0.4, -0.2) is 10.1 Å². The van der Waals surface area contributed by atoms with Gasteiger partial charge in [-0.15, -0.1) is 0 Å². The van der Waals surface area contributed by atoms with Crippen molar-refractivity contribution in [3.8, 4) is 5.75 Å². The molecule has 0 aliphatic heterocycles. The van der Waals surface area contributed by atoms with Crippen LogP contribution in [0.15, 0.2) is 29.1 Å². The minimum Gasteiger partial charge on any atom is -0.485 e. The maximum absolute atomic E-state index is 13.1. The number of benzene rings is 1. The van der Waals surface area contributed by atoms with Gasteiger partial charge in [0.1, 0.15) is 11.6 Å². The van der Waals surface area contributed by atoms with Gasteiger partial charge >= 0.3 is 0 Å². The third-order valence-electron chi connectivity index (χ3n) is 2.23. The quantitative estimate of drug-likeness (QED) is 0.877. The minimum absolute atomic E-state index is 0.155. The second-order valence-corrected chi connectivity index (χ2v) is 3.61. The van der Waals surface area contributed by atoms with Crippen molar-refractivity contribution in [1.82, 2.24) is 10.1 Å². The molecule has 2 aromatic rings. The van der Waals surface area contributed by atoms with Gasteiger partial charge in [0.05, 0.1) is 0 Å². The topological polar surface area (TPSA) is 74.2 Å². The largest absolute Gasteiger partial charge is 0.485 e. The van der Waals surface area contributed by atoms with E-state index in [0.29, 0.717) is 17.1 Å². The zero-order valence-corrected chi connectivity index (χ0v) is 9.26. The van der Waals surface area contributed by atoms with Crippen molar-refractivity contribution in [3.05, 3.63) is 41.8 Å². The molecule has 1 aromatic heterocycles. The molecule has 0 radical (unpaired) electrons. The number of rotatable bonds is 4. The van der Waals surface area contributed by atoms with Crippen molar-refractivity contribution in [2.24, 2.45) is 5.73 Å². The SMILES string of the molecule is C[C@@H](N)c1cc(F)ccc1OCc1ncon1. The smallest absolute Gasteiger partial charge is 0.213 e. The molecule has 0 saturated heterocycles. The Morgan fingerprint density at radius 1 is 1.53 bits per heavy atom. The molecule has 0 bridgehead atoms. The van der Waals surface area contributed by atoms with E-state index in [1.165, 1.54) is 24.6 Å². The zero-order chi connectivity index (χ0) is 12.3. The van der Waals surface area contributed by atoms with Gasteiger partial charge in [-0.3, -0.25) is 0 Å². The maximum atomic E-state index is 13.1. The fourth-order valence-corrected chi connectivity index (χ4v) is 1.40. The summed E-state index contributed by atoms with van der Waals surface area (Å²) in [5.74, 6) is 0.598. The van der Waals surface area contributed by atoms with E-state index in [4.69, 9.17) is 10.5 Å². The molecule has 6 heteroatoms. The Morgan fingerprint density at radius 2 is 2.35 bits per heavy atom. The fourth-order valence-electron chi connectivity index (χ4n) is 1.40. The van der Waals surface area contributed by atoms with Crippen molar-refractivity contribution in [1.29, 1.82) is 0 Å². The molecular weight excluding hydrogens is 225 g/mol. The Morgan fingerprint density at radius 3 is 3.00 bits per heavy atom. The molecule has 90 valence electrons. The molecule has 0 aliphatic carbocycles. The van der Waals surface area contributed by atoms with Crippen LogP contribution in [0.5, 0.6) is 5.75 Å². The highest BCUT2D eigenvalue weighted by Crippen LogP contribution is 2.25. The maximum Gasteiger partial charge on any atom is 0.213 e. The lowest BCUT2D eigenvalue weighted by atomic mass is 10.1. The van der Waals surface area contributed by atoms with Crippen LogP contribution in [0.2, 0.25) is 0 Å². The molecule has 2 rings (SSSR count). The highest BCUT2D eigenvalue weighted by Gasteiger charge is 2.10. The first kappa shape index (κ1) is 11.5. The first-order valence-electron chi connectivity index (χ1n) is 5.10. The molecule has 0 aliphatic rings. The average Bonchev–Trinajstić information content (AvgIpc) is 2.80. The van der Waals surface area contributed by atoms with Gasteiger partial charge in [-0.1, -0.05) is 5.16 Å². The molecule has 0 spiro atoms. The summed E-state index contributed by atoms with van der Waals surface area (Å²) >= 11 is 0. The molecule has 0 saturated carbocycles. The van der Waals surface area contributed by atoms with E-state index in [2.05, 4.69) is 14.7 Å². The molecule has 17 heavy (non-hydrogen) atoms. The van der Waals surface area contributed by atoms with Crippen molar-refractivity contribution >= 4 is 0 Å². The van der Waals surface area contributed by atoms with Gasteiger partial charge in [0.25, 0.3) is 0 Å². The van der Waals surface area contributed by atoms with Gasteiger partial charge in [0.2, 0.25) is 12.2 Å². The average molecular weight is 237 g/mol. The summed E-state index contributed by atoms with van der Waals surface area (Å²) in [7, 11) is 0. The van der Waals surface area contributed by atoms with Crippen molar-refractivity contribution in [2.45, 2.75) is 19.6 Å². The monoisotopic (exact) mass is 237 g/mol. The highest BCUT2D eigenvalue weighted by atomic mass is 19.1. The second kappa shape index (κ2) is 4.92. The number of ether oxygens (including phenoxy) is 1. The van der Waals surface area contributed by atoms with Crippen LogP contribution < -0.4 is 10.5 Å². The Kier molecular flexibility index (Phi) is 3.34. The van der Waals surface area contributed by atoms with Gasteiger partial charge < -0.3 is 15.0 Å². The van der Waals surface area contributed by atoms with E-state index >= 15 is 0 Å². The van der Waals surface area contributed by atoms with Crippen LogP contribution in [-0.2, 0) is 6.61 Å². The van der Waals surface area contributed by atoms with Gasteiger partial charge in [-0.05, 0) is 25.1 Å². The number of halogens is 1. The summed E-state index contributed by atoms with van der Waals surface area (Å²) < 4.78 is 23.1. The van der Waals surface area contributed by atoms with Gasteiger partial charge in [-0.2, -0.15) is 4.98 Å². The van der Waals surface area contributed by atoms with Crippen LogP contribution >= 0.6 is 0 Å². The number of hydrogen-bond acceptors (Lipinski definition) is 5. The summed E-state index contributed by atoms with van der Waals surface area (Å²) in [6.45, 7) is 1.91. The molecule has 5 nitrogen and oxygen atoms in total. The van der Waals surface area contributed by atoms with Crippen LogP contribution in [0, 0.1) is 5.82 Å². The first-order chi connectivity index (χ1) is 8.16. The molecule has 1 atom stereocenters. The minimum atomic E-state index is -0.343. The number of hydrogen-bond donors (Lipinski definition) is 1. The summed E-state index contributed by atoms with van der Waals surface area (Å²) in [6, 6.07) is 3.90. The van der Waals surface area contributed by atoms with Gasteiger partial charge in [0, 0.05) is 11.6 Å². The van der Waals surface area contributed by atoms with Crippen LogP contribution in [0.25, 0.3) is 0 Å². The Bertz CT molecular complexity index is 485. The van der Waals surface area contributed by atoms with Crippen LogP contribution in [0.1, 0.15) is 24.4 Å². The van der Waals surface area contributed by atoms with E-state index in [1.54, 1.807) is 6.92 Å². The Labute approximate surface area is 97.4 Å². The van der Waals surface area contributed by atoms with Gasteiger partial charge in [-0.25, -0.2) is 4.39 Å². The fraction of sp³-hybridized carbons (Fsp3) is 0.273. The predicted molar refractivity (Wildman–Crippen MR) is 57.6 cm³/mol. The van der Waals surface area contributed by atoms with Crippen LogP contribution in [0.3, 0.4) is 0 Å². The normalized spacial score (nSPS) is 12.4. The first-order valence-corrected chi connectivity index (χ1v) is 5.10. The summed E-state index contributed by atoms with van der Waals surface area (Å²) in [4.78, 5) is 3.82. The summed E-state index contributed by atoms with van der Waals surface area (Å²) in [6.07, 6.45) is 1.22. The Hall–Kier alpha value is -1.95. The number of nitrogens with two attached hydrogens (primary N) is 1.